The van der Waals surface area contributed by atoms with Gasteiger partial charge < -0.3 is 10.5 Å². The first-order chi connectivity index (χ1) is 7.51. The molecule has 0 aliphatic carbocycles. The van der Waals surface area contributed by atoms with Gasteiger partial charge in [0.1, 0.15) is 11.3 Å². The van der Waals surface area contributed by atoms with E-state index in [9.17, 15) is 13.6 Å². The first kappa shape index (κ1) is 12.8. The smallest absolute Gasteiger partial charge is 0.341 e. The summed E-state index contributed by atoms with van der Waals surface area (Å²) in [5, 5.41) is -0.141. The molecule has 0 saturated heterocycles. The van der Waals surface area contributed by atoms with E-state index in [0.717, 1.165) is 7.11 Å². The lowest BCUT2D eigenvalue weighted by Gasteiger charge is -2.10. The SMILES string of the molecule is COC(=O)c1c(Cl)cc(CN)nc1C(F)F. The fourth-order valence-corrected chi connectivity index (χ4v) is 1.45. The molecule has 0 bridgehead atoms. The molecule has 7 heteroatoms. The predicted octanol–water partition coefficient (Wildman–Crippen LogP) is 1.92. The van der Waals surface area contributed by atoms with Gasteiger partial charge in [0.25, 0.3) is 6.43 Å². The normalized spacial score (nSPS) is 10.6. The summed E-state index contributed by atoms with van der Waals surface area (Å²) in [6, 6.07) is 1.26. The molecule has 0 unspecified atom stereocenters. The van der Waals surface area contributed by atoms with E-state index < -0.39 is 23.7 Å². The molecule has 2 N–H and O–H groups in total. The fourth-order valence-electron chi connectivity index (χ4n) is 1.15. The van der Waals surface area contributed by atoms with E-state index in [-0.39, 0.29) is 17.3 Å². The number of nitrogens with two attached hydrogens (primary N) is 1. The van der Waals surface area contributed by atoms with E-state index in [1.807, 2.05) is 0 Å². The van der Waals surface area contributed by atoms with Crippen molar-refractivity contribution < 1.29 is 18.3 Å². The lowest BCUT2D eigenvalue weighted by Crippen LogP contribution is -2.12. The maximum Gasteiger partial charge on any atom is 0.341 e. The Labute approximate surface area is 95.4 Å². The van der Waals surface area contributed by atoms with Gasteiger partial charge in [-0.05, 0) is 6.07 Å². The molecule has 1 heterocycles. The molecule has 0 radical (unpaired) electrons. The first-order valence-electron chi connectivity index (χ1n) is 4.27. The molecule has 1 aromatic heterocycles. The molecular weight excluding hydrogens is 242 g/mol. The van der Waals surface area contributed by atoms with Crippen LogP contribution < -0.4 is 5.73 Å². The van der Waals surface area contributed by atoms with Gasteiger partial charge in [-0.3, -0.25) is 0 Å². The van der Waals surface area contributed by atoms with Crippen LogP contribution in [0.25, 0.3) is 0 Å². The Balaban J connectivity index is 3.39. The van der Waals surface area contributed by atoms with Crippen molar-refractivity contribution in [3.63, 3.8) is 0 Å². The Hall–Kier alpha value is -1.27. The number of alkyl halides is 2. The number of esters is 1. The second kappa shape index (κ2) is 5.18. The van der Waals surface area contributed by atoms with Crippen molar-refractivity contribution in [2.24, 2.45) is 5.73 Å². The second-order valence-corrected chi connectivity index (χ2v) is 3.26. The molecule has 0 fully saturated rings. The number of hydrogen-bond acceptors (Lipinski definition) is 4. The molecule has 1 aromatic rings. The minimum absolute atomic E-state index is 0.0408. The number of carbonyl (C=O) groups is 1. The Morgan fingerprint density at radius 2 is 2.31 bits per heavy atom. The molecule has 4 nitrogen and oxygen atoms in total. The molecular formula is C9H9ClF2N2O2. The van der Waals surface area contributed by atoms with Crippen molar-refractivity contribution in [1.82, 2.24) is 4.98 Å². The number of carbonyl (C=O) groups excluding carboxylic acids is 1. The van der Waals surface area contributed by atoms with Gasteiger partial charge in [-0.2, -0.15) is 0 Å². The lowest BCUT2D eigenvalue weighted by molar-refractivity contribution is 0.0587. The van der Waals surface area contributed by atoms with Crippen LogP contribution >= 0.6 is 11.6 Å². The van der Waals surface area contributed by atoms with Crippen LogP contribution in [0.4, 0.5) is 8.78 Å². The fraction of sp³-hybridized carbons (Fsp3) is 0.333. The standard InChI is InChI=1S/C9H9ClF2N2O2/c1-16-9(15)6-5(10)2-4(3-13)14-7(6)8(11)12/h2,8H,3,13H2,1H3. The van der Waals surface area contributed by atoms with E-state index in [1.54, 1.807) is 0 Å². The van der Waals surface area contributed by atoms with Crippen LogP contribution in [-0.2, 0) is 11.3 Å². The van der Waals surface area contributed by atoms with Crippen LogP contribution in [0.5, 0.6) is 0 Å². The number of halogens is 3. The summed E-state index contributed by atoms with van der Waals surface area (Å²) in [6.07, 6.45) is -2.92. The third-order valence-electron chi connectivity index (χ3n) is 1.86. The average Bonchev–Trinajstić information content (AvgIpc) is 2.26. The maximum absolute atomic E-state index is 12.7. The van der Waals surface area contributed by atoms with Crippen molar-refractivity contribution in [3.8, 4) is 0 Å². The number of aromatic nitrogens is 1. The van der Waals surface area contributed by atoms with Crippen LogP contribution in [-0.4, -0.2) is 18.1 Å². The zero-order valence-corrected chi connectivity index (χ0v) is 9.09. The van der Waals surface area contributed by atoms with Gasteiger partial charge in [-0.1, -0.05) is 11.6 Å². The summed E-state index contributed by atoms with van der Waals surface area (Å²) in [5.41, 5.74) is 4.32. The van der Waals surface area contributed by atoms with Gasteiger partial charge in [-0.15, -0.1) is 0 Å². The second-order valence-electron chi connectivity index (χ2n) is 2.85. The minimum atomic E-state index is -2.92. The first-order valence-corrected chi connectivity index (χ1v) is 4.64. The minimum Gasteiger partial charge on any atom is -0.465 e. The van der Waals surface area contributed by atoms with Gasteiger partial charge in [0, 0.05) is 6.54 Å². The van der Waals surface area contributed by atoms with Crippen molar-refractivity contribution in [2.45, 2.75) is 13.0 Å². The molecule has 0 aliphatic heterocycles. The molecule has 0 atom stereocenters. The number of nitrogens with zero attached hydrogens (tertiary/aromatic N) is 1. The van der Waals surface area contributed by atoms with E-state index in [1.165, 1.54) is 6.07 Å². The Morgan fingerprint density at radius 1 is 1.69 bits per heavy atom. The number of hydrogen-bond donors (Lipinski definition) is 1. The highest BCUT2D eigenvalue weighted by atomic mass is 35.5. The third kappa shape index (κ3) is 2.45. The van der Waals surface area contributed by atoms with Crippen molar-refractivity contribution >= 4 is 17.6 Å². The van der Waals surface area contributed by atoms with Gasteiger partial charge in [0.2, 0.25) is 0 Å². The predicted molar refractivity (Wildman–Crippen MR) is 53.4 cm³/mol. The third-order valence-corrected chi connectivity index (χ3v) is 2.16. The molecule has 16 heavy (non-hydrogen) atoms. The number of methoxy groups -OCH3 is 1. The average molecular weight is 251 g/mol. The van der Waals surface area contributed by atoms with Crippen molar-refractivity contribution in [1.29, 1.82) is 0 Å². The molecule has 0 aliphatic rings. The number of ether oxygens (including phenoxy) is 1. The van der Waals surface area contributed by atoms with Crippen LogP contribution in [0, 0.1) is 0 Å². The Morgan fingerprint density at radius 3 is 2.75 bits per heavy atom. The van der Waals surface area contributed by atoms with E-state index in [2.05, 4.69) is 9.72 Å². The van der Waals surface area contributed by atoms with Gasteiger partial charge in [0.15, 0.2) is 0 Å². The van der Waals surface area contributed by atoms with Crippen LogP contribution in [0.2, 0.25) is 5.02 Å². The summed E-state index contributed by atoms with van der Waals surface area (Å²) in [7, 11) is 1.07. The maximum atomic E-state index is 12.7. The largest absolute Gasteiger partial charge is 0.465 e. The summed E-state index contributed by atoms with van der Waals surface area (Å²) < 4.78 is 29.7. The van der Waals surface area contributed by atoms with Crippen LogP contribution in [0.1, 0.15) is 28.2 Å². The Kier molecular flexibility index (Phi) is 4.14. The summed E-state index contributed by atoms with van der Waals surface area (Å²) in [4.78, 5) is 14.8. The van der Waals surface area contributed by atoms with Gasteiger partial charge >= 0.3 is 5.97 Å². The topological polar surface area (TPSA) is 65.2 Å². The molecule has 0 aromatic carbocycles. The van der Waals surface area contributed by atoms with Crippen molar-refractivity contribution in [2.75, 3.05) is 7.11 Å². The molecule has 0 spiro atoms. The highest BCUT2D eigenvalue weighted by Crippen LogP contribution is 2.28. The Bertz CT molecular complexity index is 413. The van der Waals surface area contributed by atoms with Crippen molar-refractivity contribution in [3.05, 3.63) is 28.0 Å². The highest BCUT2D eigenvalue weighted by Gasteiger charge is 2.24. The quantitative estimate of drug-likeness (QED) is 0.833. The zero-order chi connectivity index (χ0) is 12.3. The van der Waals surface area contributed by atoms with E-state index in [0.29, 0.717) is 0 Å². The summed E-state index contributed by atoms with van der Waals surface area (Å²) >= 11 is 5.70. The molecule has 1 rings (SSSR count). The van der Waals surface area contributed by atoms with E-state index in [4.69, 9.17) is 17.3 Å². The monoisotopic (exact) mass is 250 g/mol. The lowest BCUT2D eigenvalue weighted by atomic mass is 10.1. The van der Waals surface area contributed by atoms with Gasteiger partial charge in [-0.25, -0.2) is 18.6 Å². The summed E-state index contributed by atoms with van der Waals surface area (Å²) in [5.74, 6) is -0.948. The molecule has 0 saturated carbocycles. The van der Waals surface area contributed by atoms with Crippen LogP contribution in [0.15, 0.2) is 6.07 Å². The van der Waals surface area contributed by atoms with Crippen LogP contribution in [0.3, 0.4) is 0 Å². The highest BCUT2D eigenvalue weighted by molar-refractivity contribution is 6.33. The number of pyridine rings is 1. The summed E-state index contributed by atoms with van der Waals surface area (Å²) in [6.45, 7) is -0.0408. The zero-order valence-electron chi connectivity index (χ0n) is 8.34. The van der Waals surface area contributed by atoms with E-state index >= 15 is 0 Å². The number of rotatable bonds is 3. The molecule has 0 amide bonds. The van der Waals surface area contributed by atoms with Gasteiger partial charge in [0.05, 0.1) is 17.8 Å². The molecule has 88 valence electrons.